The van der Waals surface area contributed by atoms with Crippen molar-refractivity contribution in [1.29, 1.82) is 0 Å². The van der Waals surface area contributed by atoms with E-state index in [4.69, 9.17) is 0 Å². The van der Waals surface area contributed by atoms with Crippen LogP contribution in [0.1, 0.15) is 39.2 Å². The maximum absolute atomic E-state index is 4.43. The Hall–Kier alpha value is -1.24. The molecule has 0 bridgehead atoms. The Morgan fingerprint density at radius 1 is 1.22 bits per heavy atom. The van der Waals surface area contributed by atoms with Gasteiger partial charge in [0.25, 0.3) is 0 Å². The third-order valence-corrected chi connectivity index (χ3v) is 4.55. The molecule has 1 unspecified atom stereocenters. The van der Waals surface area contributed by atoms with Crippen LogP contribution in [0.3, 0.4) is 0 Å². The number of rotatable bonds is 6. The van der Waals surface area contributed by atoms with Crippen molar-refractivity contribution < 1.29 is 0 Å². The average molecular weight is 243 g/mol. The highest BCUT2D eigenvalue weighted by molar-refractivity contribution is 5.43. The molecule has 1 aliphatic rings. The van der Waals surface area contributed by atoms with E-state index in [-0.39, 0.29) is 5.41 Å². The molecule has 0 amide bonds. The van der Waals surface area contributed by atoms with Crippen LogP contribution >= 0.6 is 0 Å². The Labute approximate surface area is 112 Å². The molecule has 1 fully saturated rings. The molecule has 98 valence electrons. The van der Waals surface area contributed by atoms with Crippen LogP contribution in [0.25, 0.3) is 0 Å². The second kappa shape index (κ2) is 5.17. The zero-order valence-corrected chi connectivity index (χ0v) is 11.9. The summed E-state index contributed by atoms with van der Waals surface area (Å²) in [6.45, 7) is 13.3. The molecule has 1 aromatic rings. The first-order chi connectivity index (χ1) is 8.70. The van der Waals surface area contributed by atoms with E-state index in [1.165, 1.54) is 24.1 Å². The molecule has 1 aliphatic carbocycles. The summed E-state index contributed by atoms with van der Waals surface area (Å²) in [7, 11) is 0. The number of hydrogen-bond acceptors (Lipinski definition) is 1. The molecule has 18 heavy (non-hydrogen) atoms. The number of allylic oxidation sites excluding steroid dienone is 1. The van der Waals surface area contributed by atoms with Gasteiger partial charge in [0.15, 0.2) is 0 Å². The predicted molar refractivity (Wildman–Crippen MR) is 78.6 cm³/mol. The van der Waals surface area contributed by atoms with Crippen LogP contribution in [0, 0.1) is 5.92 Å². The van der Waals surface area contributed by atoms with Gasteiger partial charge >= 0.3 is 0 Å². The lowest BCUT2D eigenvalue weighted by Gasteiger charge is -2.31. The molecule has 0 radical (unpaired) electrons. The molecule has 2 atom stereocenters. The van der Waals surface area contributed by atoms with Crippen molar-refractivity contribution in [2.75, 3.05) is 13.1 Å². The first-order valence-corrected chi connectivity index (χ1v) is 7.20. The van der Waals surface area contributed by atoms with E-state index in [0.717, 1.165) is 19.0 Å². The van der Waals surface area contributed by atoms with Gasteiger partial charge in [-0.1, -0.05) is 50.3 Å². The van der Waals surface area contributed by atoms with Gasteiger partial charge in [-0.15, -0.1) is 0 Å². The van der Waals surface area contributed by atoms with Gasteiger partial charge in [-0.2, -0.15) is 0 Å². The summed E-state index contributed by atoms with van der Waals surface area (Å²) in [4.78, 5) is 2.42. The molecule has 2 rings (SSSR count). The van der Waals surface area contributed by atoms with Crippen LogP contribution in [0.2, 0.25) is 0 Å². The van der Waals surface area contributed by atoms with Crippen LogP contribution in [0.5, 0.6) is 0 Å². The van der Waals surface area contributed by atoms with E-state index >= 15 is 0 Å². The quantitative estimate of drug-likeness (QED) is 0.723. The summed E-state index contributed by atoms with van der Waals surface area (Å²) in [5, 5.41) is 0. The molecular formula is C17H25N. The first kappa shape index (κ1) is 13.2. The maximum Gasteiger partial charge on any atom is 0.0377 e. The lowest BCUT2D eigenvalue weighted by atomic mass is 9.88. The third-order valence-electron chi connectivity index (χ3n) is 4.55. The largest absolute Gasteiger partial charge is 0.375 e. The van der Waals surface area contributed by atoms with Crippen molar-refractivity contribution in [2.24, 2.45) is 5.92 Å². The van der Waals surface area contributed by atoms with Gasteiger partial charge in [-0.25, -0.2) is 0 Å². The molecule has 0 N–H and O–H groups in total. The van der Waals surface area contributed by atoms with Gasteiger partial charge in [-0.3, -0.25) is 0 Å². The van der Waals surface area contributed by atoms with Gasteiger partial charge in [0.05, 0.1) is 0 Å². The minimum atomic E-state index is 0.224. The first-order valence-electron chi connectivity index (χ1n) is 7.20. The van der Waals surface area contributed by atoms with Crippen molar-refractivity contribution >= 4 is 0 Å². The SMILES string of the molecule is C=C(N(CC)CC)[C@]1(c2ccccc2)CC1CC. The average Bonchev–Trinajstić information content (AvgIpc) is 3.17. The molecule has 0 spiro atoms. The number of nitrogens with zero attached hydrogens (tertiary/aromatic N) is 1. The lowest BCUT2D eigenvalue weighted by molar-refractivity contribution is 0.343. The fraction of sp³-hybridized carbons (Fsp3) is 0.529. The number of likely N-dealkylation sites (N-methyl/N-ethyl adjacent to an activating group) is 1. The summed E-state index contributed by atoms with van der Waals surface area (Å²) in [5.74, 6) is 0.771. The molecule has 0 saturated heterocycles. The highest BCUT2D eigenvalue weighted by Crippen LogP contribution is 2.60. The van der Waals surface area contributed by atoms with Crippen LogP contribution in [0.15, 0.2) is 42.6 Å². The summed E-state index contributed by atoms with van der Waals surface area (Å²) >= 11 is 0. The lowest BCUT2D eigenvalue weighted by Crippen LogP contribution is -2.30. The minimum absolute atomic E-state index is 0.224. The van der Waals surface area contributed by atoms with E-state index in [0.29, 0.717) is 0 Å². The van der Waals surface area contributed by atoms with Crippen molar-refractivity contribution in [2.45, 2.75) is 39.0 Å². The van der Waals surface area contributed by atoms with Crippen LogP contribution in [0.4, 0.5) is 0 Å². The Morgan fingerprint density at radius 3 is 2.28 bits per heavy atom. The highest BCUT2D eigenvalue weighted by atomic mass is 15.1. The topological polar surface area (TPSA) is 3.24 Å². The number of hydrogen-bond donors (Lipinski definition) is 0. The second-order valence-corrected chi connectivity index (χ2v) is 5.27. The molecule has 0 heterocycles. The molecule has 1 heteroatoms. The Morgan fingerprint density at radius 2 is 1.83 bits per heavy atom. The number of benzene rings is 1. The van der Waals surface area contributed by atoms with Crippen molar-refractivity contribution in [3.8, 4) is 0 Å². The van der Waals surface area contributed by atoms with Crippen molar-refractivity contribution in [3.05, 3.63) is 48.2 Å². The monoisotopic (exact) mass is 243 g/mol. The standard InChI is InChI=1S/C17H25N/c1-5-15-13-17(15,14(4)18(6-2)7-3)16-11-9-8-10-12-16/h8-12,15H,4-7,13H2,1-3H3/t15?,17-/m1/s1. The Bertz CT molecular complexity index is 405. The highest BCUT2D eigenvalue weighted by Gasteiger charge is 2.56. The minimum Gasteiger partial charge on any atom is -0.375 e. The smallest absolute Gasteiger partial charge is 0.0377 e. The van der Waals surface area contributed by atoms with Gasteiger partial charge in [-0.05, 0) is 31.7 Å². The van der Waals surface area contributed by atoms with E-state index in [2.05, 4.69) is 62.6 Å². The van der Waals surface area contributed by atoms with Crippen molar-refractivity contribution in [3.63, 3.8) is 0 Å². The Kier molecular flexibility index (Phi) is 3.79. The molecule has 1 nitrogen and oxygen atoms in total. The van der Waals surface area contributed by atoms with Gasteiger partial charge in [0.1, 0.15) is 0 Å². The normalized spacial score (nSPS) is 25.8. The van der Waals surface area contributed by atoms with Crippen LogP contribution in [-0.4, -0.2) is 18.0 Å². The predicted octanol–water partition coefficient (Wildman–Crippen LogP) is 4.21. The summed E-state index contributed by atoms with van der Waals surface area (Å²) in [6.07, 6.45) is 2.51. The Balaban J connectivity index is 2.32. The molecular weight excluding hydrogens is 218 g/mol. The van der Waals surface area contributed by atoms with E-state index in [1.807, 2.05) is 0 Å². The summed E-state index contributed by atoms with van der Waals surface area (Å²) < 4.78 is 0. The zero-order valence-electron chi connectivity index (χ0n) is 11.9. The maximum atomic E-state index is 4.43. The van der Waals surface area contributed by atoms with Gasteiger partial charge in [0, 0.05) is 24.2 Å². The van der Waals surface area contributed by atoms with Crippen LogP contribution in [-0.2, 0) is 5.41 Å². The molecule has 0 aliphatic heterocycles. The fourth-order valence-corrected chi connectivity index (χ4v) is 3.32. The van der Waals surface area contributed by atoms with Gasteiger partial charge < -0.3 is 4.90 Å². The van der Waals surface area contributed by atoms with E-state index < -0.39 is 0 Å². The zero-order chi connectivity index (χ0) is 13.2. The third kappa shape index (κ3) is 1.96. The van der Waals surface area contributed by atoms with Crippen LogP contribution < -0.4 is 0 Å². The van der Waals surface area contributed by atoms with E-state index in [1.54, 1.807) is 0 Å². The van der Waals surface area contributed by atoms with Gasteiger partial charge in [0.2, 0.25) is 0 Å². The molecule has 1 saturated carbocycles. The molecule has 1 aromatic carbocycles. The summed E-state index contributed by atoms with van der Waals surface area (Å²) in [6, 6.07) is 10.9. The van der Waals surface area contributed by atoms with Crippen molar-refractivity contribution in [1.82, 2.24) is 4.90 Å². The fourth-order valence-electron chi connectivity index (χ4n) is 3.32. The summed E-state index contributed by atoms with van der Waals surface area (Å²) in [5.41, 5.74) is 3.00. The van der Waals surface area contributed by atoms with E-state index in [9.17, 15) is 0 Å². The molecule has 0 aromatic heterocycles. The second-order valence-electron chi connectivity index (χ2n) is 5.27.